The maximum absolute atomic E-state index is 11.1. The van der Waals surface area contributed by atoms with E-state index in [1.54, 1.807) is 25.2 Å². The molecule has 0 amide bonds. The van der Waals surface area contributed by atoms with E-state index in [1.807, 2.05) is 6.20 Å². The highest BCUT2D eigenvalue weighted by Gasteiger charge is 2.12. The van der Waals surface area contributed by atoms with Crippen molar-refractivity contribution >= 4 is 22.5 Å². The van der Waals surface area contributed by atoms with Gasteiger partial charge in [0.1, 0.15) is 0 Å². The predicted molar refractivity (Wildman–Crippen MR) is 108 cm³/mol. The predicted octanol–water partition coefficient (Wildman–Crippen LogP) is 3.29. The number of fused-ring (bicyclic) bond motifs is 1. The summed E-state index contributed by atoms with van der Waals surface area (Å²) in [6.45, 7) is 3.12. The summed E-state index contributed by atoms with van der Waals surface area (Å²) in [5.74, 6) is 0.615. The molecular formula is C20H23N5O2. The molecule has 3 aromatic rings. The summed E-state index contributed by atoms with van der Waals surface area (Å²) < 4.78 is 0. The highest BCUT2D eigenvalue weighted by molar-refractivity contribution is 5.84. The average Bonchev–Trinajstić information content (AvgIpc) is 3.06. The quantitative estimate of drug-likeness (QED) is 0.270. The molecule has 27 heavy (non-hydrogen) atoms. The molecule has 0 unspecified atom stereocenters. The van der Waals surface area contributed by atoms with Crippen LogP contribution in [0.5, 0.6) is 0 Å². The molecule has 140 valence electrons. The van der Waals surface area contributed by atoms with Crippen molar-refractivity contribution in [3.63, 3.8) is 0 Å². The summed E-state index contributed by atoms with van der Waals surface area (Å²) >= 11 is 0. The molecule has 0 aliphatic carbocycles. The number of rotatable bonds is 6. The molecule has 0 bridgehead atoms. The van der Waals surface area contributed by atoms with E-state index < -0.39 is 0 Å². The zero-order valence-corrected chi connectivity index (χ0v) is 15.5. The first-order valence-electron chi connectivity index (χ1n) is 8.82. The summed E-state index contributed by atoms with van der Waals surface area (Å²) in [5, 5.41) is 18.7. The van der Waals surface area contributed by atoms with Crippen molar-refractivity contribution in [3.05, 3.63) is 75.5 Å². The first-order valence-corrected chi connectivity index (χ1v) is 8.82. The Kier molecular flexibility index (Phi) is 5.71. The molecule has 3 rings (SSSR count). The summed E-state index contributed by atoms with van der Waals surface area (Å²) in [5.41, 5.74) is 4.34. The SMILES string of the molecule is CN=C(NCCc1c[nH]c2cc(C)ccc12)NCc1ccccc1[N+](=O)[O-]. The third-order valence-electron chi connectivity index (χ3n) is 4.47. The number of hydrogen-bond donors (Lipinski definition) is 3. The fourth-order valence-electron chi connectivity index (χ4n) is 3.06. The second kappa shape index (κ2) is 8.35. The Bertz CT molecular complexity index is 977. The van der Waals surface area contributed by atoms with E-state index in [9.17, 15) is 10.1 Å². The summed E-state index contributed by atoms with van der Waals surface area (Å²) in [7, 11) is 1.68. The van der Waals surface area contributed by atoms with Crippen LogP contribution in [0.1, 0.15) is 16.7 Å². The highest BCUT2D eigenvalue weighted by atomic mass is 16.6. The molecule has 0 saturated heterocycles. The van der Waals surface area contributed by atoms with Crippen LogP contribution in [-0.4, -0.2) is 29.5 Å². The minimum Gasteiger partial charge on any atom is -0.361 e. The zero-order valence-electron chi connectivity index (χ0n) is 15.5. The van der Waals surface area contributed by atoms with Crippen molar-refractivity contribution in [1.82, 2.24) is 15.6 Å². The van der Waals surface area contributed by atoms with Gasteiger partial charge in [0.25, 0.3) is 5.69 Å². The van der Waals surface area contributed by atoms with Crippen molar-refractivity contribution in [3.8, 4) is 0 Å². The van der Waals surface area contributed by atoms with Crippen LogP contribution in [-0.2, 0) is 13.0 Å². The fraction of sp³-hybridized carbons (Fsp3) is 0.250. The molecule has 0 saturated carbocycles. The number of nitro benzene ring substituents is 1. The first-order chi connectivity index (χ1) is 13.1. The van der Waals surface area contributed by atoms with Gasteiger partial charge in [0, 0.05) is 48.9 Å². The molecule has 0 radical (unpaired) electrons. The number of benzene rings is 2. The number of guanidine groups is 1. The maximum atomic E-state index is 11.1. The Morgan fingerprint density at radius 2 is 2.00 bits per heavy atom. The van der Waals surface area contributed by atoms with Gasteiger partial charge in [-0.3, -0.25) is 15.1 Å². The standard InChI is InChI=1S/C20H23N5O2/c1-14-7-8-17-15(12-23-18(17)11-14)9-10-22-20(21-2)24-13-16-5-3-4-6-19(16)25(26)27/h3-8,11-12,23H,9-10,13H2,1-2H3,(H2,21,22,24). The lowest BCUT2D eigenvalue weighted by atomic mass is 10.1. The second-order valence-electron chi connectivity index (χ2n) is 6.35. The van der Waals surface area contributed by atoms with E-state index in [0.717, 1.165) is 11.9 Å². The second-order valence-corrected chi connectivity index (χ2v) is 6.35. The number of aromatic amines is 1. The minimum atomic E-state index is -0.369. The first kappa shape index (κ1) is 18.4. The van der Waals surface area contributed by atoms with Gasteiger partial charge in [-0.15, -0.1) is 0 Å². The molecule has 0 spiro atoms. The van der Waals surface area contributed by atoms with E-state index >= 15 is 0 Å². The van der Waals surface area contributed by atoms with Crippen LogP contribution in [0.15, 0.2) is 53.7 Å². The van der Waals surface area contributed by atoms with E-state index in [0.29, 0.717) is 24.6 Å². The van der Waals surface area contributed by atoms with E-state index in [-0.39, 0.29) is 10.6 Å². The zero-order chi connectivity index (χ0) is 19.2. The Morgan fingerprint density at radius 1 is 1.19 bits per heavy atom. The lowest BCUT2D eigenvalue weighted by Crippen LogP contribution is -2.37. The largest absolute Gasteiger partial charge is 0.361 e. The van der Waals surface area contributed by atoms with Crippen molar-refractivity contribution in [1.29, 1.82) is 0 Å². The summed E-state index contributed by atoms with van der Waals surface area (Å²) in [4.78, 5) is 18.2. The molecular weight excluding hydrogens is 342 g/mol. The smallest absolute Gasteiger partial charge is 0.274 e. The van der Waals surface area contributed by atoms with Gasteiger partial charge < -0.3 is 15.6 Å². The van der Waals surface area contributed by atoms with Gasteiger partial charge in [0.2, 0.25) is 0 Å². The Labute approximate surface area is 157 Å². The van der Waals surface area contributed by atoms with Crippen molar-refractivity contribution in [2.45, 2.75) is 19.9 Å². The van der Waals surface area contributed by atoms with Crippen LogP contribution >= 0.6 is 0 Å². The molecule has 0 fully saturated rings. The molecule has 0 aliphatic rings. The molecule has 0 atom stereocenters. The van der Waals surface area contributed by atoms with Crippen molar-refractivity contribution in [2.24, 2.45) is 4.99 Å². The third-order valence-corrected chi connectivity index (χ3v) is 4.47. The number of aromatic nitrogens is 1. The molecule has 3 N–H and O–H groups in total. The monoisotopic (exact) mass is 365 g/mol. The number of nitrogens with zero attached hydrogens (tertiary/aromatic N) is 2. The van der Waals surface area contributed by atoms with Crippen LogP contribution in [0, 0.1) is 17.0 Å². The molecule has 7 heteroatoms. The van der Waals surface area contributed by atoms with Crippen molar-refractivity contribution < 1.29 is 4.92 Å². The fourth-order valence-corrected chi connectivity index (χ4v) is 3.06. The molecule has 2 aromatic carbocycles. The van der Waals surface area contributed by atoms with Gasteiger partial charge in [0.15, 0.2) is 5.96 Å². The van der Waals surface area contributed by atoms with E-state index in [1.165, 1.54) is 22.6 Å². The van der Waals surface area contributed by atoms with Gasteiger partial charge in [-0.25, -0.2) is 0 Å². The van der Waals surface area contributed by atoms with Gasteiger partial charge >= 0.3 is 0 Å². The van der Waals surface area contributed by atoms with Crippen LogP contribution in [0.25, 0.3) is 10.9 Å². The van der Waals surface area contributed by atoms with Crippen molar-refractivity contribution in [2.75, 3.05) is 13.6 Å². The number of hydrogen-bond acceptors (Lipinski definition) is 3. The number of aliphatic imine (C=N–C) groups is 1. The number of para-hydroxylation sites is 1. The number of nitrogens with one attached hydrogen (secondary N) is 3. The van der Waals surface area contributed by atoms with Gasteiger partial charge in [-0.2, -0.15) is 0 Å². The highest BCUT2D eigenvalue weighted by Crippen LogP contribution is 2.20. The Hall–Kier alpha value is -3.35. The molecule has 7 nitrogen and oxygen atoms in total. The average molecular weight is 365 g/mol. The maximum Gasteiger partial charge on any atom is 0.274 e. The number of aryl methyl sites for hydroxylation is 1. The number of H-pyrrole nitrogens is 1. The third kappa shape index (κ3) is 4.44. The lowest BCUT2D eigenvalue weighted by molar-refractivity contribution is -0.385. The van der Waals surface area contributed by atoms with Crippen LogP contribution in [0.2, 0.25) is 0 Å². The Morgan fingerprint density at radius 3 is 2.78 bits per heavy atom. The topological polar surface area (TPSA) is 95.3 Å². The molecule has 0 aliphatic heterocycles. The Balaban J connectivity index is 1.56. The van der Waals surface area contributed by atoms with Crippen LogP contribution in [0.4, 0.5) is 5.69 Å². The molecule has 1 heterocycles. The minimum absolute atomic E-state index is 0.106. The van der Waals surface area contributed by atoms with Gasteiger partial charge in [-0.1, -0.05) is 30.3 Å². The van der Waals surface area contributed by atoms with Gasteiger partial charge in [0.05, 0.1) is 4.92 Å². The van der Waals surface area contributed by atoms with Crippen LogP contribution < -0.4 is 10.6 Å². The molecule has 1 aromatic heterocycles. The lowest BCUT2D eigenvalue weighted by Gasteiger charge is -2.12. The van der Waals surface area contributed by atoms with E-state index in [2.05, 4.69) is 45.7 Å². The summed E-state index contributed by atoms with van der Waals surface area (Å²) in [6.07, 6.45) is 2.88. The van der Waals surface area contributed by atoms with Gasteiger partial charge in [-0.05, 0) is 30.5 Å². The number of nitro groups is 1. The normalized spacial score (nSPS) is 11.6. The van der Waals surface area contributed by atoms with E-state index in [4.69, 9.17) is 0 Å². The van der Waals surface area contributed by atoms with Crippen LogP contribution in [0.3, 0.4) is 0 Å². The summed E-state index contributed by atoms with van der Waals surface area (Å²) in [6, 6.07) is 13.1.